The van der Waals surface area contributed by atoms with E-state index in [1.807, 2.05) is 6.07 Å². The van der Waals surface area contributed by atoms with E-state index in [1.54, 1.807) is 12.1 Å². The molecule has 2 atom stereocenters. The third-order valence-electron chi connectivity index (χ3n) is 5.24. The summed E-state index contributed by atoms with van der Waals surface area (Å²) < 4.78 is 70.8. The second-order valence-electron chi connectivity index (χ2n) is 7.59. The highest BCUT2D eigenvalue weighted by molar-refractivity contribution is 7.91. The van der Waals surface area contributed by atoms with Crippen molar-refractivity contribution in [3.8, 4) is 5.75 Å². The summed E-state index contributed by atoms with van der Waals surface area (Å²) in [6.45, 7) is -0.0952. The predicted molar refractivity (Wildman–Crippen MR) is 121 cm³/mol. The van der Waals surface area contributed by atoms with E-state index < -0.39 is 36.7 Å². The molecule has 3 rings (SSSR count). The zero-order chi connectivity index (χ0) is 23.5. The number of ether oxygens (including phenoxy) is 1. The highest BCUT2D eigenvalue weighted by Gasteiger charge is 2.28. The smallest absolute Gasteiger partial charge is 0.241 e. The quantitative estimate of drug-likeness (QED) is 0.436. The number of carbonyl (C=O) groups is 1. The van der Waals surface area contributed by atoms with Gasteiger partial charge in [-0.05, 0) is 54.7 Å². The fourth-order valence-electron chi connectivity index (χ4n) is 3.70. The van der Waals surface area contributed by atoms with Crippen LogP contribution in [0, 0.1) is 0 Å². The van der Waals surface area contributed by atoms with Gasteiger partial charge in [0.1, 0.15) is 12.4 Å². The lowest BCUT2D eigenvalue weighted by molar-refractivity contribution is -0.109. The number of hydrogen-bond donors (Lipinski definition) is 1. The number of sulfone groups is 1. The lowest BCUT2D eigenvalue weighted by Gasteiger charge is -2.21. The minimum absolute atomic E-state index is 0.0952. The summed E-state index contributed by atoms with van der Waals surface area (Å²) >= 11 is 0. The Hall–Kier alpha value is -2.08. The Morgan fingerprint density at radius 1 is 1.12 bits per heavy atom. The average molecular weight is 500 g/mol. The van der Waals surface area contributed by atoms with Crippen molar-refractivity contribution >= 4 is 36.9 Å². The van der Waals surface area contributed by atoms with Gasteiger partial charge in [0.15, 0.2) is 16.1 Å². The van der Waals surface area contributed by atoms with Gasteiger partial charge in [-0.2, -0.15) is 0 Å². The maximum atomic E-state index is 13.3. The van der Waals surface area contributed by atoms with Crippen molar-refractivity contribution < 1.29 is 30.6 Å². The van der Waals surface area contributed by atoms with Crippen molar-refractivity contribution in [1.82, 2.24) is 4.72 Å². The third-order valence-corrected chi connectivity index (χ3v) is 8.69. The summed E-state index contributed by atoms with van der Waals surface area (Å²) in [4.78, 5) is 10.4. The molecule has 0 amide bonds. The zero-order valence-corrected chi connectivity index (χ0v) is 20.2. The van der Waals surface area contributed by atoms with Crippen molar-refractivity contribution in [3.05, 3.63) is 47.5 Å². The molecule has 1 N–H and O–H groups in total. The lowest BCUT2D eigenvalue weighted by Crippen LogP contribution is -2.29. The highest BCUT2D eigenvalue weighted by atomic mass is 32.2. The number of hydrogen-bond acceptors (Lipinski definition) is 7. The fourth-order valence-corrected chi connectivity index (χ4v) is 6.51. The van der Waals surface area contributed by atoms with Crippen molar-refractivity contribution in [3.63, 3.8) is 0 Å². The Bertz CT molecular complexity index is 1250. The van der Waals surface area contributed by atoms with E-state index in [2.05, 4.69) is 4.72 Å². The van der Waals surface area contributed by atoms with Gasteiger partial charge >= 0.3 is 0 Å². The molecule has 0 saturated carbocycles. The molecule has 0 bridgehead atoms. The second kappa shape index (κ2) is 9.82. The maximum Gasteiger partial charge on any atom is 0.241 e. The number of benzene rings is 2. The van der Waals surface area contributed by atoms with Gasteiger partial charge in [-0.3, -0.25) is 9.00 Å². The van der Waals surface area contributed by atoms with Crippen LogP contribution in [0.5, 0.6) is 5.75 Å². The molecule has 0 aliphatic heterocycles. The van der Waals surface area contributed by atoms with Crippen LogP contribution in [0.3, 0.4) is 0 Å². The first-order chi connectivity index (χ1) is 15.0. The van der Waals surface area contributed by atoms with Gasteiger partial charge in [0.2, 0.25) is 10.0 Å². The van der Waals surface area contributed by atoms with Crippen LogP contribution in [0.4, 0.5) is 0 Å². The molecule has 0 spiro atoms. The summed E-state index contributed by atoms with van der Waals surface area (Å²) in [6, 6.07) is 8.29. The van der Waals surface area contributed by atoms with Crippen LogP contribution in [-0.2, 0) is 41.9 Å². The molecule has 0 radical (unpaired) electrons. The van der Waals surface area contributed by atoms with Gasteiger partial charge in [0, 0.05) is 34.2 Å². The van der Waals surface area contributed by atoms with Gasteiger partial charge in [0.25, 0.3) is 0 Å². The molecule has 174 valence electrons. The molecule has 2 aromatic carbocycles. The molecule has 2 aromatic rings. The van der Waals surface area contributed by atoms with E-state index in [0.717, 1.165) is 36.3 Å². The van der Waals surface area contributed by atoms with E-state index in [9.17, 15) is 25.8 Å². The molecule has 2 unspecified atom stereocenters. The molecule has 0 heterocycles. The Labute approximate surface area is 190 Å². The number of aldehydes is 1. The molecule has 11 heteroatoms. The molecule has 0 saturated heterocycles. The average Bonchev–Trinajstić information content (AvgIpc) is 2.93. The van der Waals surface area contributed by atoms with Crippen LogP contribution in [0.15, 0.2) is 51.1 Å². The van der Waals surface area contributed by atoms with Crippen LogP contribution >= 0.6 is 0 Å². The molecular weight excluding hydrogens is 474 g/mol. The second-order valence-corrected chi connectivity index (χ2v) is 12.7. The topological polar surface area (TPSA) is 124 Å². The molecule has 32 heavy (non-hydrogen) atoms. The van der Waals surface area contributed by atoms with Crippen LogP contribution in [-0.4, -0.2) is 46.4 Å². The van der Waals surface area contributed by atoms with Crippen LogP contribution in [0.2, 0.25) is 0 Å². The Balaban J connectivity index is 2.03. The Morgan fingerprint density at radius 2 is 1.84 bits per heavy atom. The van der Waals surface area contributed by atoms with E-state index in [4.69, 9.17) is 4.74 Å². The highest BCUT2D eigenvalue weighted by Crippen LogP contribution is 2.35. The monoisotopic (exact) mass is 499 g/mol. The molecule has 1 aliphatic carbocycles. The molecular formula is C21H25NO7S3. The molecule has 8 nitrogen and oxygen atoms in total. The molecule has 1 aliphatic rings. The van der Waals surface area contributed by atoms with Crippen LogP contribution < -0.4 is 9.46 Å². The van der Waals surface area contributed by atoms with Crippen molar-refractivity contribution in [2.75, 3.05) is 19.1 Å². The number of sulfonamides is 1. The number of rotatable bonds is 8. The first-order valence-corrected chi connectivity index (χ1v) is 14.9. The third kappa shape index (κ3) is 5.64. The van der Waals surface area contributed by atoms with Gasteiger partial charge in [-0.25, -0.2) is 21.6 Å². The minimum atomic E-state index is -4.13. The largest absolute Gasteiger partial charge is 0.486 e. The van der Waals surface area contributed by atoms with Gasteiger partial charge < -0.3 is 4.74 Å². The standard InChI is InChI=1S/C21H25NO7S3/c1-30(24)15-12-16(31(2,25)26)14-17(13-15)32(27,28)22-20-8-4-3-6-19-18(20)7-5-9-21(19)29-11-10-23/h5,7,9-10,12-14,20,22H,3-4,6,8,11H2,1-2H3. The summed E-state index contributed by atoms with van der Waals surface area (Å²) in [5.74, 6) is 0.545. The fraction of sp³-hybridized carbons (Fsp3) is 0.381. The zero-order valence-electron chi connectivity index (χ0n) is 17.7. The maximum absolute atomic E-state index is 13.3. The number of nitrogens with one attached hydrogen (secondary N) is 1. The van der Waals surface area contributed by atoms with E-state index >= 15 is 0 Å². The normalized spacial score (nSPS) is 17.8. The summed E-state index contributed by atoms with van der Waals surface area (Å²) in [5, 5.41) is 0. The summed E-state index contributed by atoms with van der Waals surface area (Å²) in [7, 11) is -9.42. The van der Waals surface area contributed by atoms with Gasteiger partial charge in [-0.15, -0.1) is 0 Å². The molecule has 0 fully saturated rings. The van der Waals surface area contributed by atoms with Crippen LogP contribution in [0.25, 0.3) is 0 Å². The van der Waals surface area contributed by atoms with Gasteiger partial charge in [0.05, 0.1) is 9.79 Å². The first-order valence-electron chi connectivity index (χ1n) is 9.92. The summed E-state index contributed by atoms with van der Waals surface area (Å²) in [5.41, 5.74) is 1.60. The van der Waals surface area contributed by atoms with E-state index in [0.29, 0.717) is 24.9 Å². The lowest BCUT2D eigenvalue weighted by atomic mass is 9.99. The number of fused-ring (bicyclic) bond motifs is 1. The van der Waals surface area contributed by atoms with Crippen molar-refractivity contribution in [2.45, 2.75) is 46.4 Å². The van der Waals surface area contributed by atoms with Crippen molar-refractivity contribution in [2.24, 2.45) is 0 Å². The Morgan fingerprint density at radius 3 is 2.50 bits per heavy atom. The summed E-state index contributed by atoms with van der Waals surface area (Å²) in [6.07, 6.45) is 5.80. The van der Waals surface area contributed by atoms with Gasteiger partial charge in [-0.1, -0.05) is 18.6 Å². The molecule has 0 aromatic heterocycles. The van der Waals surface area contributed by atoms with Crippen LogP contribution in [0.1, 0.15) is 36.4 Å². The predicted octanol–water partition coefficient (Wildman–Crippen LogP) is 2.15. The van der Waals surface area contributed by atoms with Crippen molar-refractivity contribution in [1.29, 1.82) is 0 Å². The Kier molecular flexibility index (Phi) is 7.53. The first kappa shape index (κ1) is 24.6. The minimum Gasteiger partial charge on any atom is -0.486 e. The SMILES string of the molecule is CS(=O)c1cc(S(C)(=O)=O)cc(S(=O)(=O)NC2CCCCc3c(OCC=O)cccc32)c1. The van der Waals surface area contributed by atoms with E-state index in [1.165, 1.54) is 18.4 Å². The van der Waals surface area contributed by atoms with E-state index in [-0.39, 0.29) is 21.3 Å². The number of carbonyl (C=O) groups excluding carboxylic acids is 1.